The van der Waals surface area contributed by atoms with Crippen LogP contribution in [0.25, 0.3) is 0 Å². The molecule has 5 N–H and O–H groups in total. The van der Waals surface area contributed by atoms with Crippen molar-refractivity contribution in [1.82, 2.24) is 10.2 Å². The summed E-state index contributed by atoms with van der Waals surface area (Å²) in [7, 11) is 3.80. The molecule has 0 bridgehead atoms. The van der Waals surface area contributed by atoms with Crippen LogP contribution in [0.5, 0.6) is 0 Å². The summed E-state index contributed by atoms with van der Waals surface area (Å²) < 4.78 is 26.1. The molecule has 1 aromatic carbocycles. The number of nitrogens with two attached hydrogens (primary N) is 1. The molecule has 0 heterocycles. The summed E-state index contributed by atoms with van der Waals surface area (Å²) >= 11 is 4.95. The van der Waals surface area contributed by atoms with Crippen LogP contribution in [0.4, 0.5) is 20.2 Å². The molecule has 0 atom stereocenters. The smallest absolute Gasteiger partial charge is 0.276 e. The van der Waals surface area contributed by atoms with E-state index >= 15 is 0 Å². The van der Waals surface area contributed by atoms with Gasteiger partial charge in [-0.15, -0.1) is 0 Å². The highest BCUT2D eigenvalue weighted by Gasteiger charge is 2.26. The molecule has 0 aliphatic rings. The first-order valence-electron chi connectivity index (χ1n) is 6.83. The molecule has 0 saturated heterocycles. The van der Waals surface area contributed by atoms with Crippen LogP contribution < -0.4 is 21.7 Å². The van der Waals surface area contributed by atoms with Crippen LogP contribution in [0.2, 0.25) is 0 Å². The van der Waals surface area contributed by atoms with E-state index in [0.29, 0.717) is 23.6 Å². The summed E-state index contributed by atoms with van der Waals surface area (Å²) in [6.45, 7) is -0.827. The van der Waals surface area contributed by atoms with Crippen molar-refractivity contribution in [3.05, 3.63) is 23.8 Å². The minimum Gasteiger partial charge on any atom is -0.371 e. The Labute approximate surface area is 139 Å². The zero-order chi connectivity index (χ0) is 17.5. The first-order chi connectivity index (χ1) is 10.8. The van der Waals surface area contributed by atoms with E-state index in [9.17, 15) is 14.0 Å². The molecule has 126 valence electrons. The average Bonchev–Trinajstić information content (AvgIpc) is 2.51. The monoisotopic (exact) mass is 342 g/mol. The molecule has 0 fully saturated rings. The van der Waals surface area contributed by atoms with E-state index in [1.165, 1.54) is 0 Å². The lowest BCUT2D eigenvalue weighted by molar-refractivity contribution is 0.0164. The molecule has 0 aliphatic heterocycles. The van der Waals surface area contributed by atoms with E-state index in [4.69, 9.17) is 18.0 Å². The molecule has 0 aliphatic carbocycles. The van der Waals surface area contributed by atoms with Gasteiger partial charge in [-0.3, -0.25) is 4.90 Å². The number of alkyl halides is 2. The maximum Gasteiger partial charge on any atom is 0.276 e. The van der Waals surface area contributed by atoms with E-state index in [1.807, 2.05) is 19.0 Å². The van der Waals surface area contributed by atoms with Crippen LogP contribution in [0.15, 0.2) is 18.2 Å². The van der Waals surface area contributed by atoms with Gasteiger partial charge in [-0.05, 0) is 44.5 Å². The Morgan fingerprint density at radius 1 is 1.43 bits per heavy atom. The van der Waals surface area contributed by atoms with Gasteiger partial charge in [0.1, 0.15) is 6.07 Å². The van der Waals surface area contributed by atoms with E-state index in [2.05, 4.69) is 22.0 Å². The van der Waals surface area contributed by atoms with Crippen molar-refractivity contribution in [3.8, 4) is 6.07 Å². The van der Waals surface area contributed by atoms with Crippen molar-refractivity contribution in [2.45, 2.75) is 5.92 Å². The molecule has 1 rings (SSSR count). The predicted molar refractivity (Wildman–Crippen MR) is 91.6 cm³/mol. The lowest BCUT2D eigenvalue weighted by Crippen LogP contribution is -2.42. The number of anilines is 2. The lowest BCUT2D eigenvalue weighted by Gasteiger charge is -2.17. The third-order valence-electron chi connectivity index (χ3n) is 2.79. The van der Waals surface area contributed by atoms with Gasteiger partial charge in [-0.1, -0.05) is 0 Å². The lowest BCUT2D eigenvalue weighted by atomic mass is 10.1. The number of rotatable bonds is 7. The van der Waals surface area contributed by atoms with Crippen molar-refractivity contribution in [3.63, 3.8) is 0 Å². The summed E-state index contributed by atoms with van der Waals surface area (Å²) in [5.41, 5.74) is 6.59. The van der Waals surface area contributed by atoms with Crippen LogP contribution in [0.3, 0.4) is 0 Å². The van der Waals surface area contributed by atoms with Gasteiger partial charge >= 0.3 is 0 Å². The molecule has 6 nitrogen and oxygen atoms in total. The molecular weight excluding hydrogens is 322 g/mol. The van der Waals surface area contributed by atoms with Crippen molar-refractivity contribution in [2.24, 2.45) is 5.73 Å². The van der Waals surface area contributed by atoms with Crippen molar-refractivity contribution in [1.29, 1.82) is 5.26 Å². The molecule has 0 saturated carbocycles. The largest absolute Gasteiger partial charge is 0.371 e. The molecule has 0 aromatic heterocycles. The van der Waals surface area contributed by atoms with Gasteiger partial charge in [-0.25, -0.2) is 8.78 Å². The van der Waals surface area contributed by atoms with Gasteiger partial charge in [0.05, 0.1) is 31.0 Å². The standard InChI is InChI=1S/C14H20F2N6S/c1-22(2)9-20-12-4-3-11(5-10(12)6-17)21-13(23)19-8-14(15,16)7-18/h3-5,20H,7-9,18H2,1-2H3,(H2,19,21,23). The van der Waals surface area contributed by atoms with Gasteiger partial charge in [0, 0.05) is 5.69 Å². The fourth-order valence-corrected chi connectivity index (χ4v) is 1.76. The topological polar surface area (TPSA) is 89.1 Å². The quantitative estimate of drug-likeness (QED) is 0.440. The van der Waals surface area contributed by atoms with E-state index < -0.39 is 19.0 Å². The van der Waals surface area contributed by atoms with Gasteiger partial charge in [-0.2, -0.15) is 5.26 Å². The van der Waals surface area contributed by atoms with Crippen LogP contribution >= 0.6 is 12.2 Å². The molecule has 23 heavy (non-hydrogen) atoms. The third kappa shape index (κ3) is 6.73. The molecule has 0 amide bonds. The molecular formula is C14H20F2N6S. The summed E-state index contributed by atoms with van der Waals surface area (Å²) in [6, 6.07) is 7.09. The zero-order valence-electron chi connectivity index (χ0n) is 13.0. The summed E-state index contributed by atoms with van der Waals surface area (Å²) in [5, 5.41) is 17.5. The number of thiocarbonyl (C=S) groups is 1. The first-order valence-corrected chi connectivity index (χ1v) is 7.24. The van der Waals surface area contributed by atoms with E-state index in [-0.39, 0.29) is 5.11 Å². The second-order valence-electron chi connectivity index (χ2n) is 5.15. The minimum absolute atomic E-state index is 0.0380. The fourth-order valence-electron chi connectivity index (χ4n) is 1.57. The highest BCUT2D eigenvalue weighted by Crippen LogP contribution is 2.20. The first kappa shape index (κ1) is 19.0. The van der Waals surface area contributed by atoms with Crippen LogP contribution in [-0.2, 0) is 0 Å². The number of hydrogen-bond donors (Lipinski definition) is 4. The minimum atomic E-state index is -3.02. The van der Waals surface area contributed by atoms with Crippen LogP contribution in [0.1, 0.15) is 5.56 Å². The Kier molecular flexibility index (Phi) is 7.09. The second kappa shape index (κ2) is 8.57. The van der Waals surface area contributed by atoms with Crippen LogP contribution in [0, 0.1) is 11.3 Å². The van der Waals surface area contributed by atoms with Gasteiger partial charge in [0.25, 0.3) is 5.92 Å². The fraction of sp³-hybridized carbons (Fsp3) is 0.429. The molecule has 1 aromatic rings. The molecule has 0 radical (unpaired) electrons. The Morgan fingerprint density at radius 2 is 2.13 bits per heavy atom. The zero-order valence-corrected chi connectivity index (χ0v) is 13.8. The molecule has 0 spiro atoms. The number of nitrogens with one attached hydrogen (secondary N) is 3. The van der Waals surface area contributed by atoms with Gasteiger partial charge in [0.2, 0.25) is 0 Å². The van der Waals surface area contributed by atoms with E-state index in [0.717, 1.165) is 0 Å². The maximum atomic E-state index is 13.0. The Balaban J connectivity index is 2.68. The Morgan fingerprint density at radius 3 is 2.70 bits per heavy atom. The van der Waals surface area contributed by atoms with Crippen molar-refractivity contribution in [2.75, 3.05) is 44.5 Å². The number of benzene rings is 1. The normalized spacial score (nSPS) is 11.0. The number of nitriles is 1. The Bertz CT molecular complexity index is 585. The highest BCUT2D eigenvalue weighted by molar-refractivity contribution is 7.80. The van der Waals surface area contributed by atoms with Gasteiger partial charge < -0.3 is 21.7 Å². The molecule has 0 unspecified atom stereocenters. The summed E-state index contributed by atoms with van der Waals surface area (Å²) in [6.07, 6.45) is 0. The number of halogens is 2. The third-order valence-corrected chi connectivity index (χ3v) is 3.04. The summed E-state index contributed by atoms with van der Waals surface area (Å²) in [4.78, 5) is 1.92. The van der Waals surface area contributed by atoms with Gasteiger partial charge in [0.15, 0.2) is 5.11 Å². The summed E-state index contributed by atoms with van der Waals surface area (Å²) in [5.74, 6) is -3.02. The number of hydrogen-bond acceptors (Lipinski definition) is 5. The highest BCUT2D eigenvalue weighted by atomic mass is 32.1. The predicted octanol–water partition coefficient (Wildman–Crippen LogP) is 1.37. The maximum absolute atomic E-state index is 13.0. The second-order valence-corrected chi connectivity index (χ2v) is 5.56. The van der Waals surface area contributed by atoms with Crippen LogP contribution in [-0.4, -0.2) is 49.8 Å². The van der Waals surface area contributed by atoms with Crippen molar-refractivity contribution < 1.29 is 8.78 Å². The Hall–Kier alpha value is -2.02. The SMILES string of the molecule is CN(C)CNc1ccc(NC(=S)NCC(F)(F)CN)cc1C#N. The average molecular weight is 342 g/mol. The van der Waals surface area contributed by atoms with Crippen molar-refractivity contribution >= 4 is 28.7 Å². The number of nitrogens with zero attached hydrogens (tertiary/aromatic N) is 2. The van der Waals surface area contributed by atoms with E-state index in [1.54, 1.807) is 18.2 Å². The molecule has 9 heteroatoms.